The molecule has 3 aromatic carbocycles. The number of methoxy groups -OCH3 is 1. The molecule has 1 atom stereocenters. The Labute approximate surface area is 204 Å². The fourth-order valence-corrected chi connectivity index (χ4v) is 3.15. The van der Waals surface area contributed by atoms with Gasteiger partial charge in [0.2, 0.25) is 0 Å². The zero-order valence-corrected chi connectivity index (χ0v) is 19.7. The SMILES string of the molecule is CCC(OC(=O)c1ccc(OCC(=O)Nc2cccc(OC)c2)cc1)C(=O)NCc1ccccc1. The van der Waals surface area contributed by atoms with Crippen LogP contribution in [0.15, 0.2) is 78.9 Å². The van der Waals surface area contributed by atoms with Gasteiger partial charge in [-0.2, -0.15) is 0 Å². The zero-order chi connectivity index (χ0) is 25.0. The standard InChI is InChI=1S/C27H28N2O6/c1-3-24(26(31)28-17-19-8-5-4-6-9-19)35-27(32)20-12-14-22(15-13-20)34-18-25(30)29-21-10-7-11-23(16-21)33-2/h4-16,24H,3,17-18H2,1-2H3,(H,28,31)(H,29,30). The minimum atomic E-state index is -0.901. The molecular weight excluding hydrogens is 448 g/mol. The van der Waals surface area contributed by atoms with E-state index < -0.39 is 12.1 Å². The molecule has 0 aliphatic heterocycles. The van der Waals surface area contributed by atoms with Crippen molar-refractivity contribution in [1.82, 2.24) is 5.32 Å². The van der Waals surface area contributed by atoms with E-state index in [1.165, 1.54) is 12.1 Å². The van der Waals surface area contributed by atoms with Gasteiger partial charge >= 0.3 is 5.97 Å². The molecule has 0 heterocycles. The minimum absolute atomic E-state index is 0.208. The summed E-state index contributed by atoms with van der Waals surface area (Å²) < 4.78 is 16.0. The first kappa shape index (κ1) is 25.3. The molecule has 0 fully saturated rings. The number of ether oxygens (including phenoxy) is 3. The molecule has 0 saturated heterocycles. The molecular formula is C27H28N2O6. The molecule has 1 unspecified atom stereocenters. The number of benzene rings is 3. The van der Waals surface area contributed by atoms with Gasteiger partial charge in [-0.15, -0.1) is 0 Å². The first-order valence-corrected chi connectivity index (χ1v) is 11.2. The summed E-state index contributed by atoms with van der Waals surface area (Å²) in [5.74, 6) is -0.269. The van der Waals surface area contributed by atoms with Gasteiger partial charge in [-0.05, 0) is 48.4 Å². The Morgan fingerprint density at radius 2 is 1.63 bits per heavy atom. The van der Waals surface area contributed by atoms with Gasteiger partial charge in [0, 0.05) is 18.3 Å². The van der Waals surface area contributed by atoms with Crippen LogP contribution < -0.4 is 20.1 Å². The predicted octanol–water partition coefficient (Wildman–Crippen LogP) is 3.96. The van der Waals surface area contributed by atoms with Crippen LogP contribution in [0.4, 0.5) is 5.69 Å². The second kappa shape index (κ2) is 12.8. The molecule has 3 aromatic rings. The predicted molar refractivity (Wildman–Crippen MR) is 131 cm³/mol. The Hall–Kier alpha value is -4.33. The molecule has 0 bridgehead atoms. The molecule has 3 rings (SSSR count). The maximum atomic E-state index is 12.5. The lowest BCUT2D eigenvalue weighted by Gasteiger charge is -2.16. The smallest absolute Gasteiger partial charge is 0.338 e. The fourth-order valence-electron chi connectivity index (χ4n) is 3.15. The Kier molecular flexibility index (Phi) is 9.24. The van der Waals surface area contributed by atoms with Crippen molar-refractivity contribution in [2.45, 2.75) is 26.0 Å². The molecule has 35 heavy (non-hydrogen) atoms. The summed E-state index contributed by atoms with van der Waals surface area (Å²) in [7, 11) is 1.55. The van der Waals surface area contributed by atoms with Crippen LogP contribution in [0.25, 0.3) is 0 Å². The van der Waals surface area contributed by atoms with Crippen molar-refractivity contribution in [3.8, 4) is 11.5 Å². The van der Waals surface area contributed by atoms with E-state index >= 15 is 0 Å². The monoisotopic (exact) mass is 476 g/mol. The van der Waals surface area contributed by atoms with E-state index in [2.05, 4.69) is 10.6 Å². The maximum Gasteiger partial charge on any atom is 0.338 e. The third kappa shape index (κ3) is 7.89. The van der Waals surface area contributed by atoms with E-state index in [1.807, 2.05) is 30.3 Å². The van der Waals surface area contributed by atoms with E-state index in [0.29, 0.717) is 30.2 Å². The molecule has 0 aromatic heterocycles. The molecule has 8 heteroatoms. The highest BCUT2D eigenvalue weighted by atomic mass is 16.5. The van der Waals surface area contributed by atoms with Crippen molar-refractivity contribution in [1.29, 1.82) is 0 Å². The summed E-state index contributed by atoms with van der Waals surface area (Å²) in [6.07, 6.45) is -0.557. The van der Waals surface area contributed by atoms with Crippen LogP contribution in [0, 0.1) is 0 Å². The molecule has 0 spiro atoms. The van der Waals surface area contributed by atoms with Gasteiger partial charge < -0.3 is 24.8 Å². The van der Waals surface area contributed by atoms with E-state index in [1.54, 1.807) is 50.4 Å². The van der Waals surface area contributed by atoms with Crippen LogP contribution in [0.3, 0.4) is 0 Å². The molecule has 2 amide bonds. The lowest BCUT2D eigenvalue weighted by Crippen LogP contribution is -2.37. The molecule has 0 saturated carbocycles. The highest BCUT2D eigenvalue weighted by Crippen LogP contribution is 2.17. The average Bonchev–Trinajstić information content (AvgIpc) is 2.90. The lowest BCUT2D eigenvalue weighted by atomic mass is 10.2. The summed E-state index contributed by atoms with van der Waals surface area (Å²) in [6, 6.07) is 22.6. The van der Waals surface area contributed by atoms with E-state index in [4.69, 9.17) is 14.2 Å². The number of carbonyl (C=O) groups is 3. The van der Waals surface area contributed by atoms with Gasteiger partial charge in [0.25, 0.3) is 11.8 Å². The Morgan fingerprint density at radius 1 is 0.886 bits per heavy atom. The van der Waals surface area contributed by atoms with E-state index in [-0.39, 0.29) is 24.0 Å². The van der Waals surface area contributed by atoms with Crippen molar-refractivity contribution in [2.24, 2.45) is 0 Å². The third-order valence-electron chi connectivity index (χ3n) is 5.04. The molecule has 8 nitrogen and oxygen atoms in total. The normalized spacial score (nSPS) is 11.1. The highest BCUT2D eigenvalue weighted by molar-refractivity contribution is 5.93. The largest absolute Gasteiger partial charge is 0.497 e. The van der Waals surface area contributed by atoms with Crippen molar-refractivity contribution >= 4 is 23.5 Å². The van der Waals surface area contributed by atoms with Crippen molar-refractivity contribution in [3.63, 3.8) is 0 Å². The molecule has 0 radical (unpaired) electrons. The summed E-state index contributed by atoms with van der Waals surface area (Å²) >= 11 is 0. The Bertz CT molecular complexity index is 1130. The lowest BCUT2D eigenvalue weighted by molar-refractivity contribution is -0.130. The van der Waals surface area contributed by atoms with Crippen LogP contribution in [0.5, 0.6) is 11.5 Å². The van der Waals surface area contributed by atoms with Crippen LogP contribution in [0.2, 0.25) is 0 Å². The Morgan fingerprint density at radius 3 is 2.31 bits per heavy atom. The number of amides is 2. The van der Waals surface area contributed by atoms with Crippen LogP contribution in [0.1, 0.15) is 29.3 Å². The maximum absolute atomic E-state index is 12.5. The number of hydrogen-bond acceptors (Lipinski definition) is 6. The fraction of sp³-hybridized carbons (Fsp3) is 0.222. The number of anilines is 1. The van der Waals surface area contributed by atoms with Crippen molar-refractivity contribution in [3.05, 3.63) is 90.0 Å². The van der Waals surface area contributed by atoms with Crippen LogP contribution >= 0.6 is 0 Å². The Balaban J connectivity index is 1.47. The summed E-state index contributed by atoms with van der Waals surface area (Å²) in [5.41, 5.74) is 1.82. The summed E-state index contributed by atoms with van der Waals surface area (Å²) in [5, 5.41) is 5.51. The highest BCUT2D eigenvalue weighted by Gasteiger charge is 2.21. The van der Waals surface area contributed by atoms with Gasteiger partial charge in [0.15, 0.2) is 12.7 Å². The number of esters is 1. The van der Waals surface area contributed by atoms with Crippen LogP contribution in [-0.4, -0.2) is 37.6 Å². The zero-order valence-electron chi connectivity index (χ0n) is 19.7. The van der Waals surface area contributed by atoms with Gasteiger partial charge in [0.1, 0.15) is 11.5 Å². The van der Waals surface area contributed by atoms with Crippen molar-refractivity contribution in [2.75, 3.05) is 19.0 Å². The minimum Gasteiger partial charge on any atom is -0.497 e. The van der Waals surface area contributed by atoms with Gasteiger partial charge in [-0.1, -0.05) is 43.3 Å². The van der Waals surface area contributed by atoms with E-state index in [9.17, 15) is 14.4 Å². The third-order valence-corrected chi connectivity index (χ3v) is 5.04. The number of nitrogens with one attached hydrogen (secondary N) is 2. The molecule has 2 N–H and O–H groups in total. The average molecular weight is 477 g/mol. The van der Waals surface area contributed by atoms with Gasteiger partial charge in [-0.3, -0.25) is 9.59 Å². The quantitative estimate of drug-likeness (QED) is 0.406. The first-order chi connectivity index (χ1) is 17.0. The molecule has 0 aliphatic carbocycles. The van der Waals surface area contributed by atoms with Gasteiger partial charge in [0.05, 0.1) is 12.7 Å². The summed E-state index contributed by atoms with van der Waals surface area (Å²) in [4.78, 5) is 37.1. The van der Waals surface area contributed by atoms with E-state index in [0.717, 1.165) is 5.56 Å². The topological polar surface area (TPSA) is 103 Å². The summed E-state index contributed by atoms with van der Waals surface area (Å²) in [6.45, 7) is 1.92. The van der Waals surface area contributed by atoms with Gasteiger partial charge in [-0.25, -0.2) is 4.79 Å². The first-order valence-electron chi connectivity index (χ1n) is 11.2. The molecule has 182 valence electrons. The number of hydrogen-bond donors (Lipinski definition) is 2. The van der Waals surface area contributed by atoms with Crippen molar-refractivity contribution < 1.29 is 28.6 Å². The number of carbonyl (C=O) groups excluding carboxylic acids is 3. The number of rotatable bonds is 11. The van der Waals surface area contributed by atoms with Crippen LogP contribution in [-0.2, 0) is 20.9 Å². The molecule has 0 aliphatic rings. The second-order valence-electron chi connectivity index (χ2n) is 7.60. The second-order valence-corrected chi connectivity index (χ2v) is 7.60.